The van der Waals surface area contributed by atoms with Crippen molar-refractivity contribution in [3.8, 4) is 11.1 Å². The Morgan fingerprint density at radius 3 is 2.35 bits per heavy atom. The van der Waals surface area contributed by atoms with E-state index >= 15 is 0 Å². The van der Waals surface area contributed by atoms with Crippen molar-refractivity contribution in [1.29, 1.82) is 0 Å². The van der Waals surface area contributed by atoms with Gasteiger partial charge < -0.3 is 20.3 Å². The van der Waals surface area contributed by atoms with Crippen molar-refractivity contribution in [3.05, 3.63) is 72.1 Å². The second kappa shape index (κ2) is 10.2. The molecule has 1 atom stereocenters. The number of aromatic nitrogens is 2. The number of rotatable bonds is 9. The summed E-state index contributed by atoms with van der Waals surface area (Å²) >= 11 is 0. The summed E-state index contributed by atoms with van der Waals surface area (Å²) < 4.78 is 6.81. The first-order valence-corrected chi connectivity index (χ1v) is 10.7. The predicted molar refractivity (Wildman–Crippen MR) is 122 cm³/mol. The van der Waals surface area contributed by atoms with E-state index in [-0.39, 0.29) is 32.0 Å². The number of aliphatic hydroxyl groups excluding tert-OH is 1. The van der Waals surface area contributed by atoms with Crippen LogP contribution in [-0.2, 0) is 20.9 Å². The second-order valence-electron chi connectivity index (χ2n) is 7.87. The van der Waals surface area contributed by atoms with Gasteiger partial charge in [-0.2, -0.15) is 5.10 Å². The summed E-state index contributed by atoms with van der Waals surface area (Å²) in [5, 5.41) is 27.0. The standard InChI is InChI=1S/C24H24N4O6/c29-21(23(31)32)9-10-25-22(30)13-28-12-15(11-26-28)27-24(33)34-14-20-18-7-3-1-5-16(18)17-6-2-4-8-19(17)20/h1-8,11-12,20-21,29H,9-10,13-14H2,(H,25,30)(H,27,33)(H,31,32). The third kappa shape index (κ3) is 5.24. The summed E-state index contributed by atoms with van der Waals surface area (Å²) in [4.78, 5) is 34.9. The quantitative estimate of drug-likeness (QED) is 0.380. The Hall–Kier alpha value is -4.18. The molecule has 176 valence electrons. The minimum absolute atomic E-state index is 0.0123. The molecule has 4 rings (SSSR count). The third-order valence-corrected chi connectivity index (χ3v) is 5.55. The Morgan fingerprint density at radius 1 is 1.06 bits per heavy atom. The zero-order valence-electron chi connectivity index (χ0n) is 18.2. The molecule has 34 heavy (non-hydrogen) atoms. The van der Waals surface area contributed by atoms with Crippen molar-refractivity contribution in [3.63, 3.8) is 0 Å². The van der Waals surface area contributed by atoms with E-state index in [4.69, 9.17) is 9.84 Å². The molecule has 1 aliphatic carbocycles. The number of anilines is 1. The number of hydrogen-bond acceptors (Lipinski definition) is 6. The van der Waals surface area contributed by atoms with Gasteiger partial charge in [0.25, 0.3) is 0 Å². The minimum atomic E-state index is -1.53. The van der Waals surface area contributed by atoms with Gasteiger partial charge in [0.05, 0.1) is 11.9 Å². The molecule has 0 aliphatic heterocycles. The van der Waals surface area contributed by atoms with Gasteiger partial charge in [-0.15, -0.1) is 0 Å². The zero-order chi connectivity index (χ0) is 24.1. The van der Waals surface area contributed by atoms with Crippen LogP contribution in [0, 0.1) is 0 Å². The van der Waals surface area contributed by atoms with E-state index in [1.807, 2.05) is 36.4 Å². The summed E-state index contributed by atoms with van der Waals surface area (Å²) in [6.45, 7) is 0.0621. The second-order valence-corrected chi connectivity index (χ2v) is 7.87. The molecular weight excluding hydrogens is 440 g/mol. The lowest BCUT2D eigenvalue weighted by atomic mass is 9.98. The van der Waals surface area contributed by atoms with Gasteiger partial charge in [-0.3, -0.25) is 14.8 Å². The molecule has 10 heteroatoms. The molecule has 0 saturated carbocycles. The summed E-state index contributed by atoms with van der Waals surface area (Å²) in [6, 6.07) is 16.1. The normalized spacial score (nSPS) is 13.0. The molecule has 0 saturated heterocycles. The molecule has 10 nitrogen and oxygen atoms in total. The molecule has 0 spiro atoms. The first-order chi connectivity index (χ1) is 16.4. The number of carboxylic acid groups (broad SMARTS) is 1. The molecule has 4 N–H and O–H groups in total. The number of carboxylic acids is 1. The van der Waals surface area contributed by atoms with Crippen molar-refractivity contribution < 1.29 is 29.3 Å². The highest BCUT2D eigenvalue weighted by molar-refractivity contribution is 5.85. The molecule has 2 aromatic carbocycles. The van der Waals surface area contributed by atoms with Gasteiger partial charge in [0, 0.05) is 25.1 Å². The number of benzene rings is 2. The number of aliphatic hydroxyl groups is 1. The van der Waals surface area contributed by atoms with Crippen LogP contribution >= 0.6 is 0 Å². The summed E-state index contributed by atoms with van der Waals surface area (Å²) in [5.41, 5.74) is 4.89. The van der Waals surface area contributed by atoms with Crippen molar-refractivity contribution in [2.45, 2.75) is 25.0 Å². The van der Waals surface area contributed by atoms with E-state index in [2.05, 4.69) is 27.9 Å². The molecule has 0 fully saturated rings. The number of amides is 2. The fourth-order valence-corrected chi connectivity index (χ4v) is 3.94. The monoisotopic (exact) mass is 464 g/mol. The Morgan fingerprint density at radius 2 is 1.71 bits per heavy atom. The average molecular weight is 464 g/mol. The molecule has 1 aliphatic rings. The summed E-state index contributed by atoms with van der Waals surface area (Å²) in [5.74, 6) is -1.80. The number of carbonyl (C=O) groups excluding carboxylic acids is 2. The van der Waals surface area contributed by atoms with E-state index in [0.29, 0.717) is 5.69 Å². The highest BCUT2D eigenvalue weighted by atomic mass is 16.5. The van der Waals surface area contributed by atoms with Crippen LogP contribution in [0.2, 0.25) is 0 Å². The lowest BCUT2D eigenvalue weighted by Crippen LogP contribution is -2.32. The van der Waals surface area contributed by atoms with Crippen LogP contribution in [0.3, 0.4) is 0 Å². The number of hydrogen-bond donors (Lipinski definition) is 4. The largest absolute Gasteiger partial charge is 0.479 e. The van der Waals surface area contributed by atoms with Crippen LogP contribution in [0.25, 0.3) is 11.1 Å². The minimum Gasteiger partial charge on any atom is -0.479 e. The van der Waals surface area contributed by atoms with Crippen LogP contribution < -0.4 is 10.6 Å². The van der Waals surface area contributed by atoms with Gasteiger partial charge in [-0.1, -0.05) is 48.5 Å². The molecule has 1 unspecified atom stereocenters. The van der Waals surface area contributed by atoms with Crippen LogP contribution in [0.5, 0.6) is 0 Å². The Balaban J connectivity index is 1.27. The predicted octanol–water partition coefficient (Wildman–Crippen LogP) is 2.20. The number of nitrogens with one attached hydrogen (secondary N) is 2. The van der Waals surface area contributed by atoms with Gasteiger partial charge in [-0.25, -0.2) is 9.59 Å². The fourth-order valence-electron chi connectivity index (χ4n) is 3.94. The van der Waals surface area contributed by atoms with E-state index < -0.39 is 24.1 Å². The maximum absolute atomic E-state index is 12.4. The fraction of sp³-hybridized carbons (Fsp3) is 0.250. The van der Waals surface area contributed by atoms with Crippen molar-refractivity contribution in [2.75, 3.05) is 18.5 Å². The summed E-state index contributed by atoms with van der Waals surface area (Å²) in [7, 11) is 0. The molecule has 1 heterocycles. The first-order valence-electron chi connectivity index (χ1n) is 10.7. The van der Waals surface area contributed by atoms with Crippen molar-refractivity contribution >= 4 is 23.7 Å². The number of ether oxygens (including phenoxy) is 1. The summed E-state index contributed by atoms with van der Waals surface area (Å²) in [6.07, 6.45) is 0.608. The SMILES string of the molecule is O=C(Cn1cc(NC(=O)OCC2c3ccccc3-c3ccccc32)cn1)NCCC(O)C(=O)O. The Kier molecular flexibility index (Phi) is 6.88. The van der Waals surface area contributed by atoms with E-state index in [9.17, 15) is 19.5 Å². The highest BCUT2D eigenvalue weighted by Crippen LogP contribution is 2.44. The van der Waals surface area contributed by atoms with Gasteiger partial charge in [0.15, 0.2) is 6.10 Å². The average Bonchev–Trinajstić information content (AvgIpc) is 3.39. The molecule has 3 aromatic rings. The molecular formula is C24H24N4O6. The van der Waals surface area contributed by atoms with Crippen LogP contribution in [0.4, 0.5) is 10.5 Å². The lowest BCUT2D eigenvalue weighted by molar-refractivity contribution is -0.147. The van der Waals surface area contributed by atoms with Gasteiger partial charge >= 0.3 is 12.1 Å². The Bertz CT molecular complexity index is 1160. The van der Waals surface area contributed by atoms with E-state index in [1.165, 1.54) is 17.1 Å². The van der Waals surface area contributed by atoms with Crippen LogP contribution in [0.1, 0.15) is 23.5 Å². The van der Waals surface area contributed by atoms with Crippen LogP contribution in [0.15, 0.2) is 60.9 Å². The van der Waals surface area contributed by atoms with Gasteiger partial charge in [0.2, 0.25) is 5.91 Å². The number of aliphatic carboxylic acids is 1. The number of carbonyl (C=O) groups is 3. The highest BCUT2D eigenvalue weighted by Gasteiger charge is 2.29. The van der Waals surface area contributed by atoms with Crippen LogP contribution in [-0.4, -0.2) is 57.2 Å². The smallest absolute Gasteiger partial charge is 0.411 e. The maximum Gasteiger partial charge on any atom is 0.411 e. The van der Waals surface area contributed by atoms with Crippen molar-refractivity contribution in [2.24, 2.45) is 0 Å². The van der Waals surface area contributed by atoms with E-state index in [0.717, 1.165) is 22.3 Å². The van der Waals surface area contributed by atoms with Gasteiger partial charge in [0.1, 0.15) is 13.2 Å². The Labute approximate surface area is 195 Å². The molecule has 0 radical (unpaired) electrons. The van der Waals surface area contributed by atoms with E-state index in [1.54, 1.807) is 0 Å². The zero-order valence-corrected chi connectivity index (χ0v) is 18.2. The maximum atomic E-state index is 12.4. The lowest BCUT2D eigenvalue weighted by Gasteiger charge is -2.14. The molecule has 1 aromatic heterocycles. The van der Waals surface area contributed by atoms with Gasteiger partial charge in [-0.05, 0) is 22.3 Å². The first kappa shape index (κ1) is 23.0. The topological polar surface area (TPSA) is 143 Å². The molecule has 2 amide bonds. The number of fused-ring (bicyclic) bond motifs is 3. The number of nitrogens with zero attached hydrogens (tertiary/aromatic N) is 2. The third-order valence-electron chi connectivity index (χ3n) is 5.55. The van der Waals surface area contributed by atoms with Crippen molar-refractivity contribution in [1.82, 2.24) is 15.1 Å². The molecule has 0 bridgehead atoms.